The van der Waals surface area contributed by atoms with Crippen LogP contribution >= 0.6 is 15.9 Å². The number of benzene rings is 1. The van der Waals surface area contributed by atoms with Gasteiger partial charge in [0.15, 0.2) is 11.5 Å². The van der Waals surface area contributed by atoms with Crippen molar-refractivity contribution in [1.29, 1.82) is 0 Å². The van der Waals surface area contributed by atoms with Crippen molar-refractivity contribution in [3.8, 4) is 11.5 Å². The second kappa shape index (κ2) is 4.59. The molecule has 0 fully saturated rings. The molecule has 1 aliphatic rings. The summed E-state index contributed by atoms with van der Waals surface area (Å²) in [6, 6.07) is 1.31. The number of ether oxygens (including phenoxy) is 2. The Morgan fingerprint density at radius 1 is 1.50 bits per heavy atom. The lowest BCUT2D eigenvalue weighted by Gasteiger charge is -2.23. The quantitative estimate of drug-likeness (QED) is 0.909. The van der Waals surface area contributed by atoms with Crippen LogP contribution in [0.15, 0.2) is 10.5 Å². The molecule has 1 aromatic rings. The van der Waals surface area contributed by atoms with Crippen LogP contribution in [-0.4, -0.2) is 24.9 Å². The van der Waals surface area contributed by atoms with Crippen molar-refractivity contribution in [2.75, 3.05) is 19.8 Å². The summed E-state index contributed by atoms with van der Waals surface area (Å²) >= 11 is 3.30. The van der Waals surface area contributed by atoms with Gasteiger partial charge >= 0.3 is 0 Å². The standard InChI is InChI=1S/C11H12BrFO3/c1-6(5-14)9-7(13)4-8-11(10(9)12)16-3-2-15-8/h4,6,14H,2-3,5H2,1H3. The van der Waals surface area contributed by atoms with Gasteiger partial charge in [0, 0.05) is 24.2 Å². The summed E-state index contributed by atoms with van der Waals surface area (Å²) < 4.78 is 25.1. The topological polar surface area (TPSA) is 38.7 Å². The van der Waals surface area contributed by atoms with Crippen molar-refractivity contribution in [3.05, 3.63) is 21.9 Å². The van der Waals surface area contributed by atoms with Crippen LogP contribution in [-0.2, 0) is 0 Å². The van der Waals surface area contributed by atoms with E-state index in [-0.39, 0.29) is 12.5 Å². The molecular weight excluding hydrogens is 279 g/mol. The maximum Gasteiger partial charge on any atom is 0.176 e. The summed E-state index contributed by atoms with van der Waals surface area (Å²) in [6.45, 7) is 2.51. The monoisotopic (exact) mass is 290 g/mol. The SMILES string of the molecule is CC(CO)c1c(F)cc2c(c1Br)OCCO2. The van der Waals surface area contributed by atoms with E-state index >= 15 is 0 Å². The molecule has 1 atom stereocenters. The van der Waals surface area contributed by atoms with Gasteiger partial charge in [-0.1, -0.05) is 6.92 Å². The smallest absolute Gasteiger partial charge is 0.176 e. The molecule has 16 heavy (non-hydrogen) atoms. The van der Waals surface area contributed by atoms with Gasteiger partial charge < -0.3 is 14.6 Å². The summed E-state index contributed by atoms with van der Waals surface area (Å²) in [7, 11) is 0. The number of hydrogen-bond donors (Lipinski definition) is 1. The Labute approximate surface area is 101 Å². The van der Waals surface area contributed by atoms with Gasteiger partial charge in [-0.3, -0.25) is 0 Å². The molecule has 0 saturated carbocycles. The molecule has 0 amide bonds. The number of rotatable bonds is 2. The van der Waals surface area contributed by atoms with E-state index < -0.39 is 5.82 Å². The first-order valence-electron chi connectivity index (χ1n) is 5.03. The highest BCUT2D eigenvalue weighted by Gasteiger charge is 2.24. The Hall–Kier alpha value is -0.810. The highest BCUT2D eigenvalue weighted by atomic mass is 79.9. The molecule has 1 aromatic carbocycles. The second-order valence-electron chi connectivity index (χ2n) is 3.69. The molecular formula is C11H12BrFO3. The number of fused-ring (bicyclic) bond motifs is 1. The normalized spacial score (nSPS) is 16.0. The van der Waals surface area contributed by atoms with Gasteiger partial charge in [-0.05, 0) is 15.9 Å². The maximum absolute atomic E-state index is 13.8. The lowest BCUT2D eigenvalue weighted by molar-refractivity contribution is 0.168. The van der Waals surface area contributed by atoms with Crippen LogP contribution in [0.2, 0.25) is 0 Å². The van der Waals surface area contributed by atoms with Gasteiger partial charge in [-0.15, -0.1) is 0 Å². The third-order valence-electron chi connectivity index (χ3n) is 2.53. The van der Waals surface area contributed by atoms with Crippen molar-refractivity contribution in [1.82, 2.24) is 0 Å². The summed E-state index contributed by atoms with van der Waals surface area (Å²) in [5, 5.41) is 9.08. The van der Waals surface area contributed by atoms with E-state index in [1.54, 1.807) is 6.92 Å². The van der Waals surface area contributed by atoms with Crippen LogP contribution in [0.5, 0.6) is 11.5 Å². The van der Waals surface area contributed by atoms with Gasteiger partial charge in [0.2, 0.25) is 0 Å². The zero-order valence-corrected chi connectivity index (χ0v) is 10.4. The fourth-order valence-electron chi connectivity index (χ4n) is 1.67. The molecule has 0 saturated heterocycles. The average Bonchev–Trinajstić information content (AvgIpc) is 2.28. The average molecular weight is 291 g/mol. The Bertz CT molecular complexity index is 409. The molecule has 0 spiro atoms. The Morgan fingerprint density at radius 2 is 2.19 bits per heavy atom. The van der Waals surface area contributed by atoms with Crippen LogP contribution in [0.4, 0.5) is 4.39 Å². The van der Waals surface area contributed by atoms with E-state index in [4.69, 9.17) is 14.6 Å². The summed E-state index contributed by atoms with van der Waals surface area (Å²) in [5.41, 5.74) is 0.423. The lowest BCUT2D eigenvalue weighted by atomic mass is 10.0. The highest BCUT2D eigenvalue weighted by Crippen LogP contribution is 2.43. The van der Waals surface area contributed by atoms with E-state index in [2.05, 4.69) is 15.9 Å². The molecule has 1 unspecified atom stereocenters. The molecule has 88 valence electrons. The largest absolute Gasteiger partial charge is 0.486 e. The minimum atomic E-state index is -0.391. The van der Waals surface area contributed by atoms with E-state index in [0.717, 1.165) is 0 Å². The van der Waals surface area contributed by atoms with Crippen LogP contribution in [0, 0.1) is 5.82 Å². The van der Waals surface area contributed by atoms with Crippen LogP contribution in [0.25, 0.3) is 0 Å². The molecule has 1 N–H and O–H groups in total. The molecule has 3 nitrogen and oxygen atoms in total. The lowest BCUT2D eigenvalue weighted by Crippen LogP contribution is -2.17. The number of halogens is 2. The van der Waals surface area contributed by atoms with Crippen molar-refractivity contribution in [2.24, 2.45) is 0 Å². The van der Waals surface area contributed by atoms with Crippen LogP contribution in [0.1, 0.15) is 18.4 Å². The van der Waals surface area contributed by atoms with Gasteiger partial charge in [0.05, 0.1) is 4.47 Å². The summed E-state index contributed by atoms with van der Waals surface area (Å²) in [6.07, 6.45) is 0. The first-order valence-corrected chi connectivity index (χ1v) is 5.82. The summed E-state index contributed by atoms with van der Waals surface area (Å²) in [4.78, 5) is 0. The summed E-state index contributed by atoms with van der Waals surface area (Å²) in [5.74, 6) is 0.246. The van der Waals surface area contributed by atoms with E-state index in [1.165, 1.54) is 6.07 Å². The Morgan fingerprint density at radius 3 is 2.88 bits per heavy atom. The number of aliphatic hydroxyl groups excluding tert-OH is 1. The Kier molecular flexibility index (Phi) is 3.35. The second-order valence-corrected chi connectivity index (χ2v) is 4.49. The minimum Gasteiger partial charge on any atom is -0.486 e. The first kappa shape index (κ1) is 11.7. The van der Waals surface area contributed by atoms with E-state index in [0.29, 0.717) is 34.7 Å². The molecule has 2 rings (SSSR count). The predicted octanol–water partition coefficient (Wildman–Crippen LogP) is 2.46. The highest BCUT2D eigenvalue weighted by molar-refractivity contribution is 9.10. The third-order valence-corrected chi connectivity index (χ3v) is 3.32. The van der Waals surface area contributed by atoms with Gasteiger partial charge in [-0.2, -0.15) is 0 Å². The van der Waals surface area contributed by atoms with Crippen molar-refractivity contribution < 1.29 is 19.0 Å². The van der Waals surface area contributed by atoms with Crippen LogP contribution < -0.4 is 9.47 Å². The third kappa shape index (κ3) is 1.89. The minimum absolute atomic E-state index is 0.116. The van der Waals surface area contributed by atoms with Gasteiger partial charge in [0.25, 0.3) is 0 Å². The number of aliphatic hydroxyl groups is 1. The molecule has 0 aromatic heterocycles. The molecule has 0 radical (unpaired) electrons. The Balaban J connectivity index is 2.54. The fourth-order valence-corrected chi connectivity index (χ4v) is 2.56. The maximum atomic E-state index is 13.8. The zero-order chi connectivity index (χ0) is 11.7. The van der Waals surface area contributed by atoms with Gasteiger partial charge in [0.1, 0.15) is 19.0 Å². The molecule has 0 aliphatic carbocycles. The van der Waals surface area contributed by atoms with Crippen molar-refractivity contribution in [3.63, 3.8) is 0 Å². The molecule has 5 heteroatoms. The van der Waals surface area contributed by atoms with Crippen molar-refractivity contribution in [2.45, 2.75) is 12.8 Å². The van der Waals surface area contributed by atoms with E-state index in [9.17, 15) is 4.39 Å². The van der Waals surface area contributed by atoms with Crippen molar-refractivity contribution >= 4 is 15.9 Å². The fraction of sp³-hybridized carbons (Fsp3) is 0.455. The molecule has 1 heterocycles. The van der Waals surface area contributed by atoms with Gasteiger partial charge in [-0.25, -0.2) is 4.39 Å². The number of hydrogen-bond acceptors (Lipinski definition) is 3. The zero-order valence-electron chi connectivity index (χ0n) is 8.80. The molecule has 0 bridgehead atoms. The van der Waals surface area contributed by atoms with E-state index in [1.807, 2.05) is 0 Å². The first-order chi connectivity index (χ1) is 7.65. The molecule has 1 aliphatic heterocycles. The van der Waals surface area contributed by atoms with Crippen LogP contribution in [0.3, 0.4) is 0 Å². The predicted molar refractivity (Wildman–Crippen MR) is 60.6 cm³/mol.